The Labute approximate surface area is 142 Å². The van der Waals surface area contributed by atoms with Crippen molar-refractivity contribution in [2.24, 2.45) is 11.7 Å². The second-order valence-electron chi connectivity index (χ2n) is 5.94. The van der Waals surface area contributed by atoms with E-state index in [9.17, 15) is 9.59 Å². The zero-order chi connectivity index (χ0) is 17.7. The lowest BCUT2D eigenvalue weighted by molar-refractivity contribution is -0.123. The lowest BCUT2D eigenvalue weighted by atomic mass is 9.96. The van der Waals surface area contributed by atoms with Gasteiger partial charge in [-0.3, -0.25) is 4.79 Å². The minimum atomic E-state index is -0.287. The van der Waals surface area contributed by atoms with Crippen LogP contribution in [0.25, 0.3) is 0 Å². The summed E-state index contributed by atoms with van der Waals surface area (Å²) in [6, 6.07) is 5.08. The van der Waals surface area contributed by atoms with E-state index in [1.165, 1.54) is 0 Å². The minimum Gasteiger partial charge on any atom is -0.497 e. The van der Waals surface area contributed by atoms with Crippen LogP contribution in [-0.2, 0) is 4.79 Å². The van der Waals surface area contributed by atoms with Crippen LogP contribution in [0.1, 0.15) is 31.4 Å². The first-order chi connectivity index (χ1) is 11.5. The molecule has 0 radical (unpaired) electrons. The van der Waals surface area contributed by atoms with E-state index in [2.05, 4.69) is 5.32 Å². The molecule has 24 heavy (non-hydrogen) atoms. The summed E-state index contributed by atoms with van der Waals surface area (Å²) in [7, 11) is 3.19. The second kappa shape index (κ2) is 7.90. The van der Waals surface area contributed by atoms with E-state index in [1.807, 2.05) is 25.1 Å². The summed E-state index contributed by atoms with van der Waals surface area (Å²) in [4.78, 5) is 25.4. The summed E-state index contributed by atoms with van der Waals surface area (Å²) in [5, 5.41) is 2.97. The maximum Gasteiger partial charge on any atom is 0.317 e. The van der Waals surface area contributed by atoms with Gasteiger partial charge < -0.3 is 25.4 Å². The van der Waals surface area contributed by atoms with Crippen molar-refractivity contribution in [2.45, 2.75) is 25.8 Å². The molecule has 1 aromatic rings. The van der Waals surface area contributed by atoms with Gasteiger partial charge in [0, 0.05) is 24.6 Å². The predicted octanol–water partition coefficient (Wildman–Crippen LogP) is 1.67. The zero-order valence-electron chi connectivity index (χ0n) is 14.4. The molecule has 132 valence electrons. The summed E-state index contributed by atoms with van der Waals surface area (Å²) in [5.74, 6) is 0.972. The molecular formula is C17H25N3O4. The standard InChI is InChI=1S/C17H25N3O4/c1-11(14-10-13(23-2)4-5-15(14)24-3)19-17(22)20-8-6-12(7-9-20)16(18)21/h4-5,10-12H,6-9H2,1-3H3,(H2,18,21)(H,19,22)/t11-/m1/s1. The van der Waals surface area contributed by atoms with Gasteiger partial charge in [-0.15, -0.1) is 0 Å². The molecule has 3 N–H and O–H groups in total. The van der Waals surface area contributed by atoms with E-state index >= 15 is 0 Å². The van der Waals surface area contributed by atoms with Gasteiger partial charge in [-0.1, -0.05) is 0 Å². The molecule has 1 aliphatic rings. The summed E-state index contributed by atoms with van der Waals surface area (Å²) >= 11 is 0. The van der Waals surface area contributed by atoms with E-state index < -0.39 is 0 Å². The number of likely N-dealkylation sites (tertiary alicyclic amines) is 1. The monoisotopic (exact) mass is 335 g/mol. The van der Waals surface area contributed by atoms with E-state index in [1.54, 1.807) is 19.1 Å². The molecule has 2 rings (SSSR count). The number of carbonyl (C=O) groups excluding carboxylic acids is 2. The number of nitrogens with one attached hydrogen (secondary N) is 1. The number of benzene rings is 1. The highest BCUT2D eigenvalue weighted by Crippen LogP contribution is 2.29. The highest BCUT2D eigenvalue weighted by Gasteiger charge is 2.27. The van der Waals surface area contributed by atoms with Crippen LogP contribution in [0.4, 0.5) is 4.79 Å². The van der Waals surface area contributed by atoms with Crippen molar-refractivity contribution in [1.82, 2.24) is 10.2 Å². The average Bonchev–Trinajstić information content (AvgIpc) is 2.60. The summed E-state index contributed by atoms with van der Waals surface area (Å²) in [6.07, 6.45) is 1.22. The van der Waals surface area contributed by atoms with Crippen molar-refractivity contribution in [3.63, 3.8) is 0 Å². The van der Waals surface area contributed by atoms with Crippen LogP contribution in [0.5, 0.6) is 11.5 Å². The number of urea groups is 1. The Morgan fingerprint density at radius 1 is 1.25 bits per heavy atom. The van der Waals surface area contributed by atoms with Gasteiger partial charge in [-0.05, 0) is 38.0 Å². The van der Waals surface area contributed by atoms with Crippen LogP contribution in [0, 0.1) is 5.92 Å². The average molecular weight is 335 g/mol. The van der Waals surface area contributed by atoms with Crippen LogP contribution in [0.2, 0.25) is 0 Å². The topological polar surface area (TPSA) is 93.9 Å². The van der Waals surface area contributed by atoms with Crippen molar-refractivity contribution < 1.29 is 19.1 Å². The molecular weight excluding hydrogens is 310 g/mol. The molecule has 0 saturated carbocycles. The molecule has 1 aliphatic heterocycles. The van der Waals surface area contributed by atoms with E-state index in [0.29, 0.717) is 37.4 Å². The van der Waals surface area contributed by atoms with Crippen LogP contribution in [-0.4, -0.2) is 44.1 Å². The van der Waals surface area contributed by atoms with Gasteiger partial charge in [-0.25, -0.2) is 4.79 Å². The molecule has 1 fully saturated rings. The number of methoxy groups -OCH3 is 2. The maximum atomic E-state index is 12.4. The summed E-state index contributed by atoms with van der Waals surface area (Å²) in [6.45, 7) is 2.95. The van der Waals surface area contributed by atoms with E-state index in [-0.39, 0.29) is 23.9 Å². The van der Waals surface area contributed by atoms with Gasteiger partial charge in [0.1, 0.15) is 11.5 Å². The van der Waals surface area contributed by atoms with Crippen molar-refractivity contribution in [1.29, 1.82) is 0 Å². The molecule has 0 aromatic heterocycles. The van der Waals surface area contributed by atoms with Crippen molar-refractivity contribution in [2.75, 3.05) is 27.3 Å². The number of piperidine rings is 1. The molecule has 7 heteroatoms. The Morgan fingerprint density at radius 2 is 1.92 bits per heavy atom. The third kappa shape index (κ3) is 4.10. The number of nitrogens with zero attached hydrogens (tertiary/aromatic N) is 1. The second-order valence-corrected chi connectivity index (χ2v) is 5.94. The van der Waals surface area contributed by atoms with Crippen molar-refractivity contribution in [3.8, 4) is 11.5 Å². The fourth-order valence-electron chi connectivity index (χ4n) is 2.90. The maximum absolute atomic E-state index is 12.4. The van der Waals surface area contributed by atoms with Crippen LogP contribution in [0.3, 0.4) is 0 Å². The number of carbonyl (C=O) groups is 2. The largest absolute Gasteiger partial charge is 0.497 e. The normalized spacial score (nSPS) is 16.4. The summed E-state index contributed by atoms with van der Waals surface area (Å²) in [5.41, 5.74) is 6.17. The number of ether oxygens (including phenoxy) is 2. The molecule has 3 amide bonds. The van der Waals surface area contributed by atoms with Crippen molar-refractivity contribution in [3.05, 3.63) is 23.8 Å². The van der Waals surface area contributed by atoms with E-state index in [4.69, 9.17) is 15.2 Å². The van der Waals surface area contributed by atoms with Gasteiger partial charge in [0.05, 0.1) is 20.3 Å². The highest BCUT2D eigenvalue weighted by molar-refractivity contribution is 5.78. The molecule has 1 heterocycles. The number of hydrogen-bond donors (Lipinski definition) is 2. The Hall–Kier alpha value is -2.44. The molecule has 0 spiro atoms. The van der Waals surface area contributed by atoms with Gasteiger partial charge in [0.2, 0.25) is 5.91 Å². The smallest absolute Gasteiger partial charge is 0.317 e. The fourth-order valence-corrected chi connectivity index (χ4v) is 2.90. The molecule has 1 saturated heterocycles. The number of amides is 3. The zero-order valence-corrected chi connectivity index (χ0v) is 14.4. The van der Waals surface area contributed by atoms with Crippen LogP contribution in [0.15, 0.2) is 18.2 Å². The molecule has 0 unspecified atom stereocenters. The Morgan fingerprint density at radius 3 is 2.46 bits per heavy atom. The number of primary amides is 1. The molecule has 0 aliphatic carbocycles. The number of nitrogens with two attached hydrogens (primary N) is 1. The first-order valence-electron chi connectivity index (χ1n) is 8.03. The summed E-state index contributed by atoms with van der Waals surface area (Å²) < 4.78 is 10.6. The number of hydrogen-bond acceptors (Lipinski definition) is 4. The molecule has 0 bridgehead atoms. The van der Waals surface area contributed by atoms with Gasteiger partial charge >= 0.3 is 6.03 Å². The first kappa shape index (κ1) is 17.9. The fraction of sp³-hybridized carbons (Fsp3) is 0.529. The third-order valence-corrected chi connectivity index (χ3v) is 4.43. The Bertz CT molecular complexity index is 597. The first-order valence-corrected chi connectivity index (χ1v) is 8.03. The van der Waals surface area contributed by atoms with E-state index in [0.717, 1.165) is 5.56 Å². The number of rotatable bonds is 5. The lowest BCUT2D eigenvalue weighted by Gasteiger charge is -2.31. The third-order valence-electron chi connectivity index (χ3n) is 4.43. The quantitative estimate of drug-likeness (QED) is 0.856. The molecule has 1 atom stereocenters. The highest BCUT2D eigenvalue weighted by atomic mass is 16.5. The lowest BCUT2D eigenvalue weighted by Crippen LogP contribution is -2.46. The van der Waals surface area contributed by atoms with Crippen LogP contribution < -0.4 is 20.5 Å². The van der Waals surface area contributed by atoms with Gasteiger partial charge in [-0.2, -0.15) is 0 Å². The Balaban J connectivity index is 2.00. The van der Waals surface area contributed by atoms with Crippen LogP contribution >= 0.6 is 0 Å². The van der Waals surface area contributed by atoms with Gasteiger partial charge in [0.25, 0.3) is 0 Å². The SMILES string of the molecule is COc1ccc(OC)c([C@@H](C)NC(=O)N2CCC(C(N)=O)CC2)c1. The van der Waals surface area contributed by atoms with Crippen molar-refractivity contribution >= 4 is 11.9 Å². The van der Waals surface area contributed by atoms with Gasteiger partial charge in [0.15, 0.2) is 0 Å². The molecule has 1 aromatic carbocycles. The minimum absolute atomic E-state index is 0.134. The molecule has 7 nitrogen and oxygen atoms in total. The Kier molecular flexibility index (Phi) is 5.89. The predicted molar refractivity (Wildman–Crippen MR) is 90.0 cm³/mol.